The summed E-state index contributed by atoms with van der Waals surface area (Å²) in [6, 6.07) is 1.57. The normalized spacial score (nSPS) is 34.8. The van der Waals surface area contributed by atoms with E-state index in [9.17, 15) is 9.18 Å². The Bertz CT molecular complexity index is 455. The Kier molecular flexibility index (Phi) is 1.63. The van der Waals surface area contributed by atoms with Gasteiger partial charge in [0.05, 0.1) is 17.3 Å². The van der Waals surface area contributed by atoms with Gasteiger partial charge in [-0.15, -0.1) is 0 Å². The van der Waals surface area contributed by atoms with Crippen molar-refractivity contribution in [3.8, 4) is 0 Å². The minimum atomic E-state index is -0.730. The summed E-state index contributed by atoms with van der Waals surface area (Å²) in [6.45, 7) is 0. The highest BCUT2D eigenvalue weighted by Crippen LogP contribution is 2.68. The molecule has 0 atom stereocenters. The van der Waals surface area contributed by atoms with Crippen LogP contribution in [0.15, 0.2) is 18.5 Å². The van der Waals surface area contributed by atoms with Crippen LogP contribution in [0.5, 0.6) is 0 Å². The van der Waals surface area contributed by atoms with Gasteiger partial charge in [-0.3, -0.25) is 9.78 Å². The highest BCUT2D eigenvalue weighted by molar-refractivity contribution is 5.81. The van der Waals surface area contributed by atoms with Gasteiger partial charge in [-0.1, -0.05) is 0 Å². The van der Waals surface area contributed by atoms with Crippen molar-refractivity contribution in [1.82, 2.24) is 4.98 Å². The molecular formula is C11H11FN2O2. The number of carboxylic acids is 1. The van der Waals surface area contributed by atoms with E-state index in [0.717, 1.165) is 6.20 Å². The number of nitrogens with zero attached hydrogens (tertiary/aromatic N) is 1. The second kappa shape index (κ2) is 2.72. The van der Waals surface area contributed by atoms with Crippen LogP contribution in [-0.4, -0.2) is 21.6 Å². The number of aromatic nitrogens is 1. The van der Waals surface area contributed by atoms with Crippen LogP contribution in [0.25, 0.3) is 0 Å². The van der Waals surface area contributed by atoms with Crippen molar-refractivity contribution < 1.29 is 14.3 Å². The Morgan fingerprint density at radius 1 is 1.50 bits per heavy atom. The first-order valence-corrected chi connectivity index (χ1v) is 5.17. The van der Waals surface area contributed by atoms with E-state index in [2.05, 4.69) is 10.3 Å². The number of rotatable bonds is 3. The van der Waals surface area contributed by atoms with E-state index in [1.807, 2.05) is 0 Å². The van der Waals surface area contributed by atoms with E-state index < -0.39 is 17.2 Å². The SMILES string of the molecule is O=C(O)C12CC(Nc3ccncc3F)(C1)C2. The third kappa shape index (κ3) is 1.08. The number of aliphatic carboxylic acids is 1. The van der Waals surface area contributed by atoms with Gasteiger partial charge in [0.1, 0.15) is 0 Å². The molecule has 4 nitrogen and oxygen atoms in total. The molecule has 1 aromatic rings. The number of carbonyl (C=O) groups is 1. The second-order valence-electron chi connectivity index (χ2n) is 4.88. The third-order valence-corrected chi connectivity index (χ3v) is 3.66. The van der Waals surface area contributed by atoms with Crippen molar-refractivity contribution in [2.24, 2.45) is 5.41 Å². The number of pyridine rings is 1. The number of nitrogens with one attached hydrogen (secondary N) is 1. The molecule has 2 N–H and O–H groups in total. The minimum absolute atomic E-state index is 0.194. The zero-order valence-electron chi connectivity index (χ0n) is 8.53. The van der Waals surface area contributed by atoms with Gasteiger partial charge in [-0.2, -0.15) is 0 Å². The predicted octanol–water partition coefficient (Wildman–Crippen LogP) is 1.64. The summed E-state index contributed by atoms with van der Waals surface area (Å²) in [5.41, 5.74) is -0.314. The smallest absolute Gasteiger partial charge is 0.309 e. The topological polar surface area (TPSA) is 62.2 Å². The molecule has 84 valence electrons. The van der Waals surface area contributed by atoms with Crippen LogP contribution in [-0.2, 0) is 4.79 Å². The molecule has 0 radical (unpaired) electrons. The second-order valence-corrected chi connectivity index (χ2v) is 4.88. The molecule has 3 fully saturated rings. The maximum absolute atomic E-state index is 13.3. The molecule has 1 heterocycles. The van der Waals surface area contributed by atoms with Crippen molar-refractivity contribution in [2.75, 3.05) is 5.32 Å². The number of halogens is 1. The molecule has 2 bridgehead atoms. The summed E-state index contributed by atoms with van der Waals surface area (Å²) in [6.07, 6.45) is 4.45. The summed E-state index contributed by atoms with van der Waals surface area (Å²) in [5.74, 6) is -1.12. The zero-order chi connectivity index (χ0) is 11.4. The lowest BCUT2D eigenvalue weighted by molar-refractivity contribution is -0.186. The summed E-state index contributed by atoms with van der Waals surface area (Å²) >= 11 is 0. The van der Waals surface area contributed by atoms with Crippen LogP contribution < -0.4 is 5.32 Å². The third-order valence-electron chi connectivity index (χ3n) is 3.66. The minimum Gasteiger partial charge on any atom is -0.481 e. The number of carboxylic acid groups (broad SMARTS) is 1. The lowest BCUT2D eigenvalue weighted by atomic mass is 9.39. The van der Waals surface area contributed by atoms with Crippen molar-refractivity contribution in [3.63, 3.8) is 0 Å². The fourth-order valence-corrected chi connectivity index (χ4v) is 2.91. The molecule has 0 spiro atoms. The molecule has 4 rings (SSSR count). The van der Waals surface area contributed by atoms with Crippen LogP contribution in [0.2, 0.25) is 0 Å². The van der Waals surface area contributed by atoms with Gasteiger partial charge in [0.25, 0.3) is 0 Å². The first-order chi connectivity index (χ1) is 7.55. The van der Waals surface area contributed by atoms with Gasteiger partial charge in [-0.05, 0) is 25.3 Å². The molecule has 0 amide bonds. The van der Waals surface area contributed by atoms with E-state index in [1.54, 1.807) is 6.07 Å². The zero-order valence-corrected chi connectivity index (χ0v) is 8.53. The quantitative estimate of drug-likeness (QED) is 0.816. The Hall–Kier alpha value is -1.65. The monoisotopic (exact) mass is 222 g/mol. The van der Waals surface area contributed by atoms with E-state index in [0.29, 0.717) is 24.9 Å². The van der Waals surface area contributed by atoms with Gasteiger partial charge < -0.3 is 10.4 Å². The first-order valence-electron chi connectivity index (χ1n) is 5.17. The van der Waals surface area contributed by atoms with E-state index in [-0.39, 0.29) is 5.54 Å². The van der Waals surface area contributed by atoms with Crippen LogP contribution in [0.1, 0.15) is 19.3 Å². The van der Waals surface area contributed by atoms with Crippen LogP contribution in [0.3, 0.4) is 0 Å². The molecule has 0 aliphatic heterocycles. The van der Waals surface area contributed by atoms with Crippen LogP contribution in [0, 0.1) is 11.2 Å². The van der Waals surface area contributed by atoms with Crippen molar-refractivity contribution in [3.05, 3.63) is 24.3 Å². The van der Waals surface area contributed by atoms with Gasteiger partial charge in [0.2, 0.25) is 0 Å². The predicted molar refractivity (Wildman–Crippen MR) is 54.5 cm³/mol. The Morgan fingerprint density at radius 3 is 2.75 bits per heavy atom. The fourth-order valence-electron chi connectivity index (χ4n) is 2.91. The molecule has 5 heteroatoms. The number of hydrogen-bond donors (Lipinski definition) is 2. The first kappa shape index (κ1) is 9.57. The largest absolute Gasteiger partial charge is 0.481 e. The summed E-state index contributed by atoms with van der Waals surface area (Å²) in [5, 5.41) is 12.0. The van der Waals surface area contributed by atoms with Crippen molar-refractivity contribution in [2.45, 2.75) is 24.8 Å². The lowest BCUT2D eigenvalue weighted by Crippen LogP contribution is -2.73. The number of anilines is 1. The Balaban J connectivity index is 1.72. The standard InChI is InChI=1S/C11H11FN2O2/c12-7-3-13-2-1-8(7)14-11-4-10(5-11,6-11)9(15)16/h1-3H,4-6H2,(H,13,14)(H,15,16). The van der Waals surface area contributed by atoms with E-state index in [1.165, 1.54) is 6.20 Å². The highest BCUT2D eigenvalue weighted by atomic mass is 19.1. The molecule has 3 aliphatic rings. The summed E-state index contributed by atoms with van der Waals surface area (Å²) in [7, 11) is 0. The van der Waals surface area contributed by atoms with E-state index >= 15 is 0 Å². The van der Waals surface area contributed by atoms with Gasteiger partial charge in [0, 0.05) is 11.7 Å². The molecule has 1 aromatic heterocycles. The van der Waals surface area contributed by atoms with E-state index in [4.69, 9.17) is 5.11 Å². The average Bonchev–Trinajstić information content (AvgIpc) is 2.10. The Morgan fingerprint density at radius 2 is 2.19 bits per heavy atom. The highest BCUT2D eigenvalue weighted by Gasteiger charge is 2.72. The molecule has 0 unspecified atom stereocenters. The maximum atomic E-state index is 13.3. The maximum Gasteiger partial charge on any atom is 0.309 e. The van der Waals surface area contributed by atoms with Crippen LogP contribution >= 0.6 is 0 Å². The molecule has 16 heavy (non-hydrogen) atoms. The Labute approximate surface area is 91.5 Å². The fraction of sp³-hybridized carbons (Fsp3) is 0.455. The van der Waals surface area contributed by atoms with Gasteiger partial charge in [-0.25, -0.2) is 4.39 Å². The van der Waals surface area contributed by atoms with Crippen molar-refractivity contribution >= 4 is 11.7 Å². The van der Waals surface area contributed by atoms with Crippen molar-refractivity contribution in [1.29, 1.82) is 0 Å². The molecule has 0 saturated heterocycles. The van der Waals surface area contributed by atoms with Gasteiger partial charge >= 0.3 is 5.97 Å². The van der Waals surface area contributed by atoms with Crippen LogP contribution in [0.4, 0.5) is 10.1 Å². The molecule has 3 aliphatic carbocycles. The summed E-state index contributed by atoms with van der Waals surface area (Å²) < 4.78 is 13.3. The average molecular weight is 222 g/mol. The summed E-state index contributed by atoms with van der Waals surface area (Å²) in [4.78, 5) is 14.6. The molecular weight excluding hydrogens is 211 g/mol. The molecule has 0 aromatic carbocycles. The lowest BCUT2D eigenvalue weighted by Gasteiger charge is -2.68. The number of hydrogen-bond acceptors (Lipinski definition) is 3. The van der Waals surface area contributed by atoms with Gasteiger partial charge in [0.15, 0.2) is 5.82 Å². The molecule has 3 saturated carbocycles.